The van der Waals surface area contributed by atoms with Crippen molar-refractivity contribution in [1.82, 2.24) is 51.5 Å². The summed E-state index contributed by atoms with van der Waals surface area (Å²) < 4.78 is 16.8. The molecule has 0 aliphatic carbocycles. The minimum atomic E-state index is -2.16. The first kappa shape index (κ1) is 71.9. The van der Waals surface area contributed by atoms with E-state index in [4.69, 9.17) is 14.2 Å². The Hall–Kier alpha value is -7.57. The number of rotatable bonds is 25. The molecule has 13 atom stereocenters. The van der Waals surface area contributed by atoms with Crippen molar-refractivity contribution in [3.63, 3.8) is 0 Å². The number of nitrogens with one attached hydrogen (secondary N) is 6. The van der Waals surface area contributed by atoms with Crippen molar-refractivity contribution in [3.05, 3.63) is 90.3 Å². The van der Waals surface area contributed by atoms with E-state index in [1.807, 2.05) is 24.3 Å². The predicted octanol–water partition coefficient (Wildman–Crippen LogP) is -2.15. The van der Waals surface area contributed by atoms with Crippen LogP contribution in [0.3, 0.4) is 0 Å². The van der Waals surface area contributed by atoms with Gasteiger partial charge in [0.15, 0.2) is 11.5 Å². The van der Waals surface area contributed by atoms with Gasteiger partial charge < -0.3 is 96.6 Å². The minimum Gasteiger partial charge on any atom is -0.504 e. The van der Waals surface area contributed by atoms with Gasteiger partial charge in [0.05, 0.1) is 74.4 Å². The van der Waals surface area contributed by atoms with Crippen molar-refractivity contribution in [2.45, 2.75) is 151 Å². The normalized spacial score (nSPS) is 24.8. The zero-order valence-corrected chi connectivity index (χ0v) is 51.7. The number of aromatic hydroxyl groups is 1. The molecule has 1 aromatic heterocycles. The maximum absolute atomic E-state index is 15.0. The number of aliphatic hydroxyl groups is 8. The smallest absolute Gasteiger partial charge is 0.261 e. The van der Waals surface area contributed by atoms with Crippen molar-refractivity contribution in [1.29, 1.82) is 0 Å². The molecule has 0 unspecified atom stereocenters. The average Bonchev–Trinajstić information content (AvgIpc) is 1.66. The molecule has 3 saturated heterocycles. The van der Waals surface area contributed by atoms with E-state index in [9.17, 15) is 79.5 Å². The molecule has 32 heteroatoms. The average molecular weight is 1310 g/mol. The van der Waals surface area contributed by atoms with Gasteiger partial charge in [-0.05, 0) is 86.0 Å². The molecule has 16 N–H and O–H groups in total. The first-order chi connectivity index (χ1) is 44.0. The van der Waals surface area contributed by atoms with Gasteiger partial charge >= 0.3 is 0 Å². The number of unbranched alkanes of at least 4 members (excludes halogenated alkanes) is 3. The molecule has 4 aromatic rings. The summed E-state index contributed by atoms with van der Waals surface area (Å²) in [4.78, 5) is 104. The third-order valence-corrected chi connectivity index (χ3v) is 16.5. The van der Waals surface area contributed by atoms with Crippen LogP contribution in [-0.4, -0.2) is 237 Å². The maximum Gasteiger partial charge on any atom is 0.261 e. The first-order valence-electron chi connectivity index (χ1n) is 30.2. The number of hydrogen-bond donors (Lipinski definition) is 16. The fourth-order valence-corrected chi connectivity index (χ4v) is 11.2. The van der Waals surface area contributed by atoms with Crippen LogP contribution in [0.2, 0.25) is 0 Å². The van der Waals surface area contributed by atoms with E-state index in [0.717, 1.165) is 71.4 Å². The molecular weight excluding hydrogens is 1230 g/mol. The van der Waals surface area contributed by atoms with E-state index in [0.29, 0.717) is 12.3 Å². The predicted molar refractivity (Wildman–Crippen MR) is 325 cm³/mol. The van der Waals surface area contributed by atoms with Crippen LogP contribution in [0.1, 0.15) is 81.6 Å². The molecule has 7 amide bonds. The Labute approximate surface area is 533 Å². The van der Waals surface area contributed by atoms with E-state index in [-0.39, 0.29) is 42.3 Å². The monoisotopic (exact) mass is 1310 g/mol. The summed E-state index contributed by atoms with van der Waals surface area (Å²) >= 11 is 0.0665. The number of amides is 7. The summed E-state index contributed by atoms with van der Waals surface area (Å²) in [6, 6.07) is 4.89. The number of phenolic OH excluding ortho intramolecular Hbond substituents is 1. The Balaban J connectivity index is 1.19. The Morgan fingerprint density at radius 3 is 2.16 bits per heavy atom. The fourth-order valence-electron chi connectivity index (χ4n) is 11.0. The molecule has 92 heavy (non-hydrogen) atoms. The summed E-state index contributed by atoms with van der Waals surface area (Å²) in [6.07, 6.45) is -4.87. The van der Waals surface area contributed by atoms with E-state index >= 15 is 0 Å². The summed E-state index contributed by atoms with van der Waals surface area (Å²) in [7, 11) is 0. The molecule has 7 rings (SSSR count). The van der Waals surface area contributed by atoms with Crippen LogP contribution in [0.4, 0.5) is 0 Å². The summed E-state index contributed by atoms with van der Waals surface area (Å²) in [6.45, 7) is 2.44. The number of β-amino-alcohol motifs (C(OH)–C–C–N with tert-alkyl or cyclic N) is 1. The van der Waals surface area contributed by atoms with Gasteiger partial charge in [-0.1, -0.05) is 60.7 Å². The second-order valence-corrected chi connectivity index (χ2v) is 23.5. The largest absolute Gasteiger partial charge is 0.504 e. The summed E-state index contributed by atoms with van der Waals surface area (Å²) in [5.74, 6) is -8.87. The molecule has 4 heterocycles. The molecule has 3 aliphatic rings. The quantitative estimate of drug-likeness (QED) is 0.0146. The highest BCUT2D eigenvalue weighted by Crippen LogP contribution is 2.32. The zero-order chi connectivity index (χ0) is 66.8. The minimum absolute atomic E-state index is 0.0120. The van der Waals surface area contributed by atoms with Gasteiger partial charge in [-0.2, -0.15) is 5.10 Å². The van der Waals surface area contributed by atoms with Crippen molar-refractivity contribution < 1.29 is 103 Å². The third-order valence-electron chi connectivity index (χ3n) is 16.1. The number of nitrogens with zero attached hydrogens (tertiary/aromatic N) is 4. The van der Waals surface area contributed by atoms with Crippen LogP contribution in [0.15, 0.2) is 79.1 Å². The number of hydrogen-bond acceptors (Lipinski definition) is 24. The molecule has 3 fully saturated rings. The van der Waals surface area contributed by atoms with Gasteiger partial charge in [-0.25, -0.2) is 9.94 Å². The van der Waals surface area contributed by atoms with E-state index < -0.39 is 184 Å². The van der Waals surface area contributed by atoms with Crippen LogP contribution >= 0.6 is 12.3 Å². The second kappa shape index (κ2) is 34.4. The first-order valence-corrected chi connectivity index (χ1v) is 30.9. The standard InChI is InChI=1S/C60H82N10O21S/c1-4-5-6-7-20-88-42-15-11-35(12-16-42)37-25-63-70(28-37)39-13-9-36(10-14-39)54(80)64-43-23-40(74)26-62-58(84)52-53(79)32(2)27-69(52)60(86)51(46(77)18-19-61-38(30-71)31-72)67-57(83)50(47(78)21-34-8-17-45(76)48(22-34)89-92-91-90-87)66-56(82)44-24-41(75)29-68(44)59(85)49(33(3)73)65-55(43)81/h8-17,22,25,28,32-33,38,40-41,43-44,46-47,49-53,61,71-79,87H,4-7,18-21,23-24,26-27,29-31H2,1-3H3,(H,62,84)(H,64,80)(H,65,81)(H,66,82)(H,67,83)/t32-,33+,40+,41+,43-,44-,46+,47+,49-,50-,51-,52-,53-/m0/s1. The molecule has 0 bridgehead atoms. The van der Waals surface area contributed by atoms with E-state index in [1.54, 1.807) is 29.2 Å². The number of aliphatic hydroxyl groups excluding tert-OH is 8. The van der Waals surface area contributed by atoms with Gasteiger partial charge in [0, 0.05) is 62.1 Å². The number of aromatic nitrogens is 2. The molecule has 3 aromatic carbocycles. The molecule has 0 radical (unpaired) electrons. The topological polar surface area (TPSA) is 455 Å². The molecule has 504 valence electrons. The lowest BCUT2D eigenvalue weighted by Crippen LogP contribution is -2.64. The summed E-state index contributed by atoms with van der Waals surface area (Å²) in [5.41, 5.74) is 2.32. The Kier molecular flexibility index (Phi) is 26.8. The van der Waals surface area contributed by atoms with Gasteiger partial charge in [0.2, 0.25) is 35.4 Å². The lowest BCUT2D eigenvalue weighted by molar-refractivity contribution is -0.433. The lowest BCUT2D eigenvalue weighted by Gasteiger charge is -2.34. The Morgan fingerprint density at radius 2 is 1.48 bits per heavy atom. The molecular formula is C60H82N10O21S. The third kappa shape index (κ3) is 19.0. The number of ether oxygens (including phenoxy) is 1. The Bertz CT molecular complexity index is 3110. The van der Waals surface area contributed by atoms with E-state index in [2.05, 4.69) is 53.3 Å². The van der Waals surface area contributed by atoms with Gasteiger partial charge in [-0.3, -0.25) is 33.6 Å². The van der Waals surface area contributed by atoms with Crippen molar-refractivity contribution in [3.8, 4) is 34.1 Å². The van der Waals surface area contributed by atoms with Crippen LogP contribution in [0.25, 0.3) is 16.8 Å². The number of carbonyl (C=O) groups excluding carboxylic acids is 7. The van der Waals surface area contributed by atoms with Crippen LogP contribution < -0.4 is 40.8 Å². The SMILES string of the molecule is CCCCCCOc1ccc(-c2cnn(-c3ccc(C(=O)N[C@H]4C[C@@H](O)CNC(=O)[C@@H]5[C@@H](O)[C@@H](C)CN5C(=O)[C@H]([C@H](O)CCNC(CO)CO)NC(=O)[C@H]([C@H](O)Cc5ccc(O)c(OSOOO)c5)NC(=O)[C@@H]5C[C@@H](O)CN5C(=O)[C@H]([C@@H](C)O)NC4=O)cc3)c2)cc1. The number of phenols is 1. The van der Waals surface area contributed by atoms with Gasteiger partial charge in [-0.15, -0.1) is 0 Å². The molecule has 0 saturated carbocycles. The number of carbonyl (C=O) groups is 7. The molecule has 31 nitrogen and oxygen atoms in total. The number of fused-ring (bicyclic) bond motifs is 2. The highest BCUT2D eigenvalue weighted by Gasteiger charge is 2.50. The van der Waals surface area contributed by atoms with Crippen LogP contribution in [0, 0.1) is 5.92 Å². The lowest BCUT2D eigenvalue weighted by atomic mass is 9.98. The van der Waals surface area contributed by atoms with Crippen LogP contribution in [0.5, 0.6) is 17.2 Å². The van der Waals surface area contributed by atoms with Crippen molar-refractivity contribution >= 4 is 53.7 Å². The summed E-state index contributed by atoms with van der Waals surface area (Å²) in [5, 5.41) is 130. The maximum atomic E-state index is 15.0. The zero-order valence-electron chi connectivity index (χ0n) is 50.9. The molecule has 0 spiro atoms. The fraction of sp³-hybridized carbons (Fsp3) is 0.533. The van der Waals surface area contributed by atoms with E-state index in [1.165, 1.54) is 25.1 Å². The highest BCUT2D eigenvalue weighted by atomic mass is 32.2. The second-order valence-electron chi connectivity index (χ2n) is 23.1. The van der Waals surface area contributed by atoms with Crippen LogP contribution in [-0.2, 0) is 44.6 Å². The number of benzene rings is 3. The van der Waals surface area contributed by atoms with Gasteiger partial charge in [0.1, 0.15) is 42.0 Å². The Morgan fingerprint density at radius 1 is 0.783 bits per heavy atom. The molecule has 3 aliphatic heterocycles. The van der Waals surface area contributed by atoms with Crippen molar-refractivity contribution in [2.75, 3.05) is 46.0 Å². The van der Waals surface area contributed by atoms with Gasteiger partial charge in [0.25, 0.3) is 18.2 Å². The van der Waals surface area contributed by atoms with Crippen molar-refractivity contribution in [2.24, 2.45) is 5.92 Å². The highest BCUT2D eigenvalue weighted by molar-refractivity contribution is 7.90.